The van der Waals surface area contributed by atoms with Crippen LogP contribution in [0.15, 0.2) is 48.5 Å². The van der Waals surface area contributed by atoms with E-state index in [2.05, 4.69) is 62.4 Å². The Hall–Kier alpha value is -1.60. The van der Waals surface area contributed by atoms with Crippen LogP contribution in [0.3, 0.4) is 0 Å². The number of nitrogens with two attached hydrogens (primary N) is 1. The second-order valence-corrected chi connectivity index (χ2v) is 6.66. The van der Waals surface area contributed by atoms with E-state index in [0.29, 0.717) is 5.92 Å². The van der Waals surface area contributed by atoms with Crippen molar-refractivity contribution in [3.8, 4) is 0 Å². The van der Waals surface area contributed by atoms with Gasteiger partial charge < -0.3 is 5.73 Å². The first kappa shape index (κ1) is 14.3. The summed E-state index contributed by atoms with van der Waals surface area (Å²) in [6, 6.07) is 17.6. The van der Waals surface area contributed by atoms with Crippen molar-refractivity contribution in [1.29, 1.82) is 0 Å². The normalized spacial score (nSPS) is 25.8. The smallest absolute Gasteiger partial charge is 0.0412 e. The van der Waals surface area contributed by atoms with E-state index in [1.807, 2.05) is 0 Å². The molecular formula is C20H25N. The first-order valence-corrected chi connectivity index (χ1v) is 8.00. The van der Waals surface area contributed by atoms with E-state index in [9.17, 15) is 0 Å². The van der Waals surface area contributed by atoms with Gasteiger partial charge in [0.1, 0.15) is 0 Å². The summed E-state index contributed by atoms with van der Waals surface area (Å²) in [5.41, 5.74) is 12.1. The maximum Gasteiger partial charge on any atom is 0.0412 e. The van der Waals surface area contributed by atoms with Gasteiger partial charge in [-0.05, 0) is 62.1 Å². The van der Waals surface area contributed by atoms with Crippen molar-refractivity contribution in [1.82, 2.24) is 0 Å². The number of aryl methyl sites for hydroxylation is 2. The van der Waals surface area contributed by atoms with E-state index in [1.54, 1.807) is 0 Å². The molecule has 0 aliphatic heterocycles. The molecule has 21 heavy (non-hydrogen) atoms. The van der Waals surface area contributed by atoms with Crippen molar-refractivity contribution in [2.45, 2.75) is 51.0 Å². The molecule has 0 bridgehead atoms. The molecule has 2 N–H and O–H groups in total. The molecule has 3 rings (SSSR count). The van der Waals surface area contributed by atoms with Crippen LogP contribution in [0.1, 0.15) is 53.9 Å². The third-order valence-electron chi connectivity index (χ3n) is 5.08. The Morgan fingerprint density at radius 3 is 2.29 bits per heavy atom. The zero-order valence-electron chi connectivity index (χ0n) is 13.1. The predicted octanol–water partition coefficient (Wildman–Crippen LogP) is 4.82. The maximum absolute atomic E-state index is 6.79. The average Bonchev–Trinajstić information content (AvgIpc) is 2.51. The van der Waals surface area contributed by atoms with Gasteiger partial charge in [0.25, 0.3) is 0 Å². The fraction of sp³-hybridized carbons (Fsp3) is 0.400. The van der Waals surface area contributed by atoms with Crippen molar-refractivity contribution >= 4 is 0 Å². The molecule has 110 valence electrons. The molecule has 0 spiro atoms. The molecule has 0 radical (unpaired) electrons. The summed E-state index contributed by atoms with van der Waals surface area (Å²) in [4.78, 5) is 0. The minimum Gasteiger partial charge on any atom is -0.321 e. The molecule has 0 heterocycles. The Morgan fingerprint density at radius 2 is 1.62 bits per heavy atom. The largest absolute Gasteiger partial charge is 0.321 e. The van der Waals surface area contributed by atoms with Gasteiger partial charge in [-0.3, -0.25) is 0 Å². The van der Waals surface area contributed by atoms with Gasteiger partial charge in [-0.2, -0.15) is 0 Å². The summed E-state index contributed by atoms with van der Waals surface area (Å²) in [7, 11) is 0. The Morgan fingerprint density at radius 1 is 0.952 bits per heavy atom. The van der Waals surface area contributed by atoms with Crippen LogP contribution in [0, 0.1) is 13.8 Å². The molecule has 0 unspecified atom stereocenters. The topological polar surface area (TPSA) is 26.0 Å². The van der Waals surface area contributed by atoms with Crippen LogP contribution in [0.25, 0.3) is 0 Å². The van der Waals surface area contributed by atoms with E-state index < -0.39 is 0 Å². The van der Waals surface area contributed by atoms with Crippen LogP contribution in [-0.4, -0.2) is 0 Å². The summed E-state index contributed by atoms with van der Waals surface area (Å²) < 4.78 is 0. The lowest BCUT2D eigenvalue weighted by Crippen LogP contribution is -2.40. The minimum atomic E-state index is -0.138. The maximum atomic E-state index is 6.79. The van der Waals surface area contributed by atoms with Gasteiger partial charge in [0, 0.05) is 5.54 Å². The van der Waals surface area contributed by atoms with Gasteiger partial charge in [-0.25, -0.2) is 0 Å². The standard InChI is InChI=1S/C20H25N/c1-15-8-9-16(2)19(14-15)20(21)12-10-18(11-13-20)17-6-4-3-5-7-17/h3-9,14,18H,10-13,21H2,1-2H3. The molecule has 1 aliphatic rings. The molecule has 1 saturated carbocycles. The highest BCUT2D eigenvalue weighted by Crippen LogP contribution is 2.42. The van der Waals surface area contributed by atoms with Crippen LogP contribution in [0.2, 0.25) is 0 Å². The van der Waals surface area contributed by atoms with Gasteiger partial charge in [0.05, 0.1) is 0 Å². The lowest BCUT2D eigenvalue weighted by molar-refractivity contribution is 0.276. The second kappa shape index (κ2) is 5.65. The summed E-state index contributed by atoms with van der Waals surface area (Å²) in [5.74, 6) is 0.674. The highest BCUT2D eigenvalue weighted by atomic mass is 14.8. The van der Waals surface area contributed by atoms with Gasteiger partial charge in [0.2, 0.25) is 0 Å². The highest BCUT2D eigenvalue weighted by molar-refractivity contribution is 5.37. The monoisotopic (exact) mass is 279 g/mol. The Bertz CT molecular complexity index is 607. The van der Waals surface area contributed by atoms with E-state index in [-0.39, 0.29) is 5.54 Å². The van der Waals surface area contributed by atoms with E-state index in [1.165, 1.54) is 35.1 Å². The van der Waals surface area contributed by atoms with Crippen molar-refractivity contribution in [3.05, 3.63) is 70.8 Å². The van der Waals surface area contributed by atoms with Gasteiger partial charge in [-0.1, -0.05) is 54.1 Å². The molecular weight excluding hydrogens is 254 g/mol. The van der Waals surface area contributed by atoms with Crippen LogP contribution in [0.5, 0.6) is 0 Å². The highest BCUT2D eigenvalue weighted by Gasteiger charge is 2.34. The molecule has 0 amide bonds. The summed E-state index contributed by atoms with van der Waals surface area (Å²) in [6.07, 6.45) is 4.54. The first-order chi connectivity index (χ1) is 10.1. The molecule has 0 atom stereocenters. The van der Waals surface area contributed by atoms with Crippen molar-refractivity contribution in [2.24, 2.45) is 5.73 Å². The van der Waals surface area contributed by atoms with Gasteiger partial charge in [0.15, 0.2) is 0 Å². The van der Waals surface area contributed by atoms with E-state index in [0.717, 1.165) is 12.8 Å². The molecule has 1 heteroatoms. The SMILES string of the molecule is Cc1ccc(C)c(C2(N)CCC(c3ccccc3)CC2)c1. The lowest BCUT2D eigenvalue weighted by Gasteiger charge is -2.39. The fourth-order valence-corrected chi connectivity index (χ4v) is 3.73. The van der Waals surface area contributed by atoms with Gasteiger partial charge >= 0.3 is 0 Å². The van der Waals surface area contributed by atoms with Crippen molar-refractivity contribution in [3.63, 3.8) is 0 Å². The molecule has 0 aromatic heterocycles. The molecule has 2 aromatic rings. The minimum absolute atomic E-state index is 0.138. The van der Waals surface area contributed by atoms with Crippen molar-refractivity contribution < 1.29 is 0 Å². The van der Waals surface area contributed by atoms with Crippen molar-refractivity contribution in [2.75, 3.05) is 0 Å². The summed E-state index contributed by atoms with van der Waals surface area (Å²) in [5, 5.41) is 0. The van der Waals surface area contributed by atoms with Crippen LogP contribution in [0.4, 0.5) is 0 Å². The number of benzene rings is 2. The van der Waals surface area contributed by atoms with Crippen LogP contribution < -0.4 is 5.73 Å². The Kier molecular flexibility index (Phi) is 3.86. The number of hydrogen-bond acceptors (Lipinski definition) is 1. The second-order valence-electron chi connectivity index (χ2n) is 6.66. The van der Waals surface area contributed by atoms with Gasteiger partial charge in [-0.15, -0.1) is 0 Å². The lowest BCUT2D eigenvalue weighted by atomic mass is 9.70. The molecule has 0 saturated heterocycles. The van der Waals surface area contributed by atoms with E-state index >= 15 is 0 Å². The number of hydrogen-bond donors (Lipinski definition) is 1. The fourth-order valence-electron chi connectivity index (χ4n) is 3.73. The predicted molar refractivity (Wildman–Crippen MR) is 89.4 cm³/mol. The third-order valence-corrected chi connectivity index (χ3v) is 5.08. The zero-order valence-corrected chi connectivity index (χ0v) is 13.1. The third kappa shape index (κ3) is 2.89. The molecule has 1 fully saturated rings. The number of rotatable bonds is 2. The van der Waals surface area contributed by atoms with Crippen LogP contribution in [-0.2, 0) is 5.54 Å². The van der Waals surface area contributed by atoms with E-state index in [4.69, 9.17) is 5.73 Å². The Labute approximate surface area is 128 Å². The summed E-state index contributed by atoms with van der Waals surface area (Å²) in [6.45, 7) is 4.34. The first-order valence-electron chi connectivity index (χ1n) is 8.00. The Balaban J connectivity index is 1.79. The quantitative estimate of drug-likeness (QED) is 0.838. The molecule has 1 aliphatic carbocycles. The molecule has 2 aromatic carbocycles. The average molecular weight is 279 g/mol. The van der Waals surface area contributed by atoms with Crippen LogP contribution >= 0.6 is 0 Å². The molecule has 1 nitrogen and oxygen atoms in total. The summed E-state index contributed by atoms with van der Waals surface area (Å²) >= 11 is 0. The zero-order chi connectivity index (χ0) is 14.9.